The van der Waals surface area contributed by atoms with E-state index in [9.17, 15) is 0 Å². The molecule has 1 aromatic rings. The fourth-order valence-electron chi connectivity index (χ4n) is 1.76. The first-order chi connectivity index (χ1) is 6.66. The molecule has 0 aromatic heterocycles. The van der Waals surface area contributed by atoms with E-state index in [1.54, 1.807) is 0 Å². The zero-order valence-corrected chi connectivity index (χ0v) is 10.4. The third-order valence-corrected chi connectivity index (χ3v) is 3.97. The molecule has 1 fully saturated rings. The Morgan fingerprint density at radius 2 is 2.14 bits per heavy atom. The molecule has 3 heteroatoms. The highest BCUT2D eigenvalue weighted by molar-refractivity contribution is 14.1. The number of hydrogen-bond acceptors (Lipinski definition) is 2. The van der Waals surface area contributed by atoms with Crippen molar-refractivity contribution in [2.45, 2.75) is 31.8 Å². The predicted octanol–water partition coefficient (Wildman–Crippen LogP) is 2.50. The number of halogens is 1. The lowest BCUT2D eigenvalue weighted by molar-refractivity contribution is 0.373. The van der Waals surface area contributed by atoms with Crippen molar-refractivity contribution in [1.82, 2.24) is 0 Å². The van der Waals surface area contributed by atoms with Crippen LogP contribution in [-0.4, -0.2) is 12.1 Å². The van der Waals surface area contributed by atoms with Crippen molar-refractivity contribution in [2.75, 3.05) is 5.32 Å². The largest absolute Gasteiger partial charge is 0.382 e. The molecule has 2 rings (SSSR count). The quantitative estimate of drug-likeness (QED) is 0.824. The molecule has 1 aliphatic carbocycles. The molecule has 1 aliphatic rings. The summed E-state index contributed by atoms with van der Waals surface area (Å²) >= 11 is 2.37. The van der Waals surface area contributed by atoms with Crippen molar-refractivity contribution in [1.29, 1.82) is 0 Å². The summed E-state index contributed by atoms with van der Waals surface area (Å²) in [4.78, 5) is 0. The maximum atomic E-state index is 5.75. The molecule has 76 valence electrons. The molecule has 0 atom stereocenters. The number of hydrogen-bond donors (Lipinski definition) is 2. The van der Waals surface area contributed by atoms with E-state index < -0.39 is 0 Å². The Kier molecular flexibility index (Phi) is 2.97. The van der Waals surface area contributed by atoms with E-state index in [1.807, 2.05) is 0 Å². The SMILES string of the molecule is Cc1c(I)cccc1NC1CC(N)C1. The summed E-state index contributed by atoms with van der Waals surface area (Å²) in [6.07, 6.45) is 2.20. The molecule has 0 bridgehead atoms. The number of rotatable bonds is 2. The first kappa shape index (κ1) is 10.2. The van der Waals surface area contributed by atoms with Gasteiger partial charge >= 0.3 is 0 Å². The van der Waals surface area contributed by atoms with Crippen LogP contribution in [0.25, 0.3) is 0 Å². The van der Waals surface area contributed by atoms with Crippen molar-refractivity contribution in [3.63, 3.8) is 0 Å². The first-order valence-corrected chi connectivity index (χ1v) is 6.02. The number of benzene rings is 1. The second-order valence-corrected chi connectivity index (χ2v) is 5.15. The van der Waals surface area contributed by atoms with E-state index in [0.717, 1.165) is 12.8 Å². The van der Waals surface area contributed by atoms with Gasteiger partial charge in [0.1, 0.15) is 0 Å². The summed E-state index contributed by atoms with van der Waals surface area (Å²) in [5, 5.41) is 3.53. The Balaban J connectivity index is 2.06. The third-order valence-electron chi connectivity index (χ3n) is 2.80. The molecule has 3 N–H and O–H groups in total. The van der Waals surface area contributed by atoms with Crippen molar-refractivity contribution < 1.29 is 0 Å². The summed E-state index contributed by atoms with van der Waals surface area (Å²) in [5.74, 6) is 0. The van der Waals surface area contributed by atoms with Gasteiger partial charge in [0.2, 0.25) is 0 Å². The Labute approximate surface area is 98.4 Å². The van der Waals surface area contributed by atoms with Crippen molar-refractivity contribution >= 4 is 28.3 Å². The molecule has 0 heterocycles. The highest BCUT2D eigenvalue weighted by atomic mass is 127. The molecule has 14 heavy (non-hydrogen) atoms. The summed E-state index contributed by atoms with van der Waals surface area (Å²) in [5.41, 5.74) is 8.35. The Morgan fingerprint density at radius 3 is 2.79 bits per heavy atom. The van der Waals surface area contributed by atoms with E-state index in [1.165, 1.54) is 14.8 Å². The van der Waals surface area contributed by atoms with Gasteiger partial charge in [-0.25, -0.2) is 0 Å². The van der Waals surface area contributed by atoms with E-state index in [0.29, 0.717) is 12.1 Å². The molecule has 1 saturated carbocycles. The van der Waals surface area contributed by atoms with Crippen LogP contribution in [0, 0.1) is 10.5 Å². The van der Waals surface area contributed by atoms with Crippen LogP contribution in [0.2, 0.25) is 0 Å². The fraction of sp³-hybridized carbons (Fsp3) is 0.455. The number of nitrogens with one attached hydrogen (secondary N) is 1. The van der Waals surface area contributed by atoms with Gasteiger partial charge in [-0.1, -0.05) is 6.07 Å². The molecule has 0 aliphatic heterocycles. The highest BCUT2D eigenvalue weighted by Crippen LogP contribution is 2.26. The van der Waals surface area contributed by atoms with E-state index in [-0.39, 0.29) is 0 Å². The van der Waals surface area contributed by atoms with Gasteiger partial charge in [0, 0.05) is 21.3 Å². The maximum absolute atomic E-state index is 5.75. The average molecular weight is 302 g/mol. The van der Waals surface area contributed by atoms with Crippen LogP contribution in [0.5, 0.6) is 0 Å². The topological polar surface area (TPSA) is 38.0 Å². The molecular formula is C11H15IN2. The standard InChI is InChI=1S/C11H15IN2/c1-7-10(12)3-2-4-11(7)14-9-5-8(13)6-9/h2-4,8-9,14H,5-6,13H2,1H3. The van der Waals surface area contributed by atoms with Gasteiger partial charge in [0.05, 0.1) is 0 Å². The summed E-state index contributed by atoms with van der Waals surface area (Å²) in [6.45, 7) is 2.16. The average Bonchev–Trinajstić information content (AvgIpc) is 2.10. The summed E-state index contributed by atoms with van der Waals surface area (Å²) in [6, 6.07) is 7.36. The van der Waals surface area contributed by atoms with Gasteiger partial charge in [-0.15, -0.1) is 0 Å². The minimum absolute atomic E-state index is 0.413. The van der Waals surface area contributed by atoms with Crippen molar-refractivity contribution in [3.05, 3.63) is 27.3 Å². The second-order valence-electron chi connectivity index (χ2n) is 3.99. The van der Waals surface area contributed by atoms with E-state index in [2.05, 4.69) is 53.0 Å². The van der Waals surface area contributed by atoms with Crippen molar-refractivity contribution in [2.24, 2.45) is 5.73 Å². The minimum atomic E-state index is 0.413. The second kappa shape index (κ2) is 4.06. The third kappa shape index (κ3) is 2.03. The molecule has 0 unspecified atom stereocenters. The Hall–Kier alpha value is -0.290. The van der Waals surface area contributed by atoms with Gasteiger partial charge in [-0.05, 0) is 60.1 Å². The summed E-state index contributed by atoms with van der Waals surface area (Å²) < 4.78 is 1.32. The van der Waals surface area contributed by atoms with Crippen LogP contribution >= 0.6 is 22.6 Å². The monoisotopic (exact) mass is 302 g/mol. The van der Waals surface area contributed by atoms with Crippen molar-refractivity contribution in [3.8, 4) is 0 Å². The molecule has 1 aromatic carbocycles. The number of nitrogens with two attached hydrogens (primary N) is 1. The normalized spacial score (nSPS) is 25.6. The minimum Gasteiger partial charge on any atom is -0.382 e. The lowest BCUT2D eigenvalue weighted by atomic mass is 9.87. The molecule has 0 saturated heterocycles. The van der Waals surface area contributed by atoms with Crippen LogP contribution in [0.15, 0.2) is 18.2 Å². The lowest BCUT2D eigenvalue weighted by Gasteiger charge is -2.34. The molecular weight excluding hydrogens is 287 g/mol. The predicted molar refractivity (Wildman–Crippen MR) is 68.5 cm³/mol. The van der Waals surface area contributed by atoms with E-state index in [4.69, 9.17) is 5.73 Å². The maximum Gasteiger partial charge on any atom is 0.0382 e. The van der Waals surface area contributed by atoms with Crippen LogP contribution in [0.1, 0.15) is 18.4 Å². The van der Waals surface area contributed by atoms with Gasteiger partial charge in [-0.2, -0.15) is 0 Å². The Bertz CT molecular complexity index is 332. The van der Waals surface area contributed by atoms with Crippen LogP contribution in [0.3, 0.4) is 0 Å². The van der Waals surface area contributed by atoms with Gasteiger partial charge < -0.3 is 11.1 Å². The highest BCUT2D eigenvalue weighted by Gasteiger charge is 2.25. The first-order valence-electron chi connectivity index (χ1n) is 4.94. The van der Waals surface area contributed by atoms with E-state index >= 15 is 0 Å². The molecule has 0 spiro atoms. The smallest absolute Gasteiger partial charge is 0.0382 e. The van der Waals surface area contributed by atoms with Crippen LogP contribution in [0.4, 0.5) is 5.69 Å². The Morgan fingerprint density at radius 1 is 1.43 bits per heavy atom. The van der Waals surface area contributed by atoms with Crippen LogP contribution < -0.4 is 11.1 Å². The molecule has 0 radical (unpaired) electrons. The molecule has 2 nitrogen and oxygen atoms in total. The van der Waals surface area contributed by atoms with Gasteiger partial charge in [0.25, 0.3) is 0 Å². The zero-order chi connectivity index (χ0) is 10.1. The fourth-order valence-corrected chi connectivity index (χ4v) is 2.26. The lowest BCUT2D eigenvalue weighted by Crippen LogP contribution is -2.44. The zero-order valence-electron chi connectivity index (χ0n) is 8.26. The summed E-state index contributed by atoms with van der Waals surface area (Å²) in [7, 11) is 0. The molecule has 0 amide bonds. The van der Waals surface area contributed by atoms with Crippen LogP contribution in [-0.2, 0) is 0 Å². The van der Waals surface area contributed by atoms with Gasteiger partial charge in [0.15, 0.2) is 0 Å². The number of anilines is 1. The van der Waals surface area contributed by atoms with Gasteiger partial charge in [-0.3, -0.25) is 0 Å².